The predicted molar refractivity (Wildman–Crippen MR) is 102 cm³/mol. The van der Waals surface area contributed by atoms with E-state index in [2.05, 4.69) is 15.6 Å². The van der Waals surface area contributed by atoms with Crippen LogP contribution in [0.3, 0.4) is 0 Å². The molecule has 1 atom stereocenters. The molecule has 5 nitrogen and oxygen atoms in total. The molecule has 140 valence electrons. The summed E-state index contributed by atoms with van der Waals surface area (Å²) in [5.74, 6) is 1.17. The molecule has 3 N–H and O–H groups in total. The van der Waals surface area contributed by atoms with Gasteiger partial charge >= 0.3 is 0 Å². The van der Waals surface area contributed by atoms with Crippen LogP contribution in [0.4, 0.5) is 4.39 Å². The first-order chi connectivity index (χ1) is 12.7. The predicted octanol–water partition coefficient (Wildman–Crippen LogP) is 2.88. The molecule has 0 radical (unpaired) electrons. The number of hydrogen-bond donors (Lipinski definition) is 3. The first-order valence-electron chi connectivity index (χ1n) is 8.82. The second-order valence-corrected chi connectivity index (χ2v) is 5.73. The minimum atomic E-state index is -0.771. The number of guanidine groups is 1. The summed E-state index contributed by atoms with van der Waals surface area (Å²) < 4.78 is 18.6. The van der Waals surface area contributed by atoms with Crippen LogP contribution in [0, 0.1) is 5.82 Å². The van der Waals surface area contributed by atoms with Gasteiger partial charge in [-0.15, -0.1) is 0 Å². The van der Waals surface area contributed by atoms with Crippen molar-refractivity contribution in [2.24, 2.45) is 4.99 Å². The molecule has 2 aromatic carbocycles. The fourth-order valence-electron chi connectivity index (χ4n) is 2.30. The maximum Gasteiger partial charge on any atom is 0.191 e. The smallest absolute Gasteiger partial charge is 0.191 e. The Morgan fingerprint density at radius 2 is 1.85 bits per heavy atom. The Labute approximate surface area is 153 Å². The maximum atomic E-state index is 12.9. The van der Waals surface area contributed by atoms with Gasteiger partial charge in [0.15, 0.2) is 5.96 Å². The van der Waals surface area contributed by atoms with Crippen molar-refractivity contribution in [2.45, 2.75) is 19.4 Å². The van der Waals surface area contributed by atoms with Gasteiger partial charge in [0.05, 0.1) is 19.3 Å². The minimum Gasteiger partial charge on any atom is -0.494 e. The van der Waals surface area contributed by atoms with E-state index in [1.165, 1.54) is 12.1 Å². The molecular weight excluding hydrogens is 333 g/mol. The standard InChI is InChI=1S/C20H26FN3O2/c1-2-22-20(23-13-6-14-26-18-7-4-3-5-8-18)24-15-19(25)16-9-11-17(21)12-10-16/h3-5,7-12,19,25H,2,6,13-15H2,1H3,(H2,22,23,24). The lowest BCUT2D eigenvalue weighted by molar-refractivity contribution is 0.187. The van der Waals surface area contributed by atoms with Gasteiger partial charge in [-0.05, 0) is 43.2 Å². The molecular formula is C20H26FN3O2. The molecule has 0 aliphatic rings. The van der Waals surface area contributed by atoms with Crippen LogP contribution in [0.5, 0.6) is 5.75 Å². The van der Waals surface area contributed by atoms with E-state index >= 15 is 0 Å². The number of halogens is 1. The van der Waals surface area contributed by atoms with Gasteiger partial charge in [-0.25, -0.2) is 4.39 Å². The molecule has 0 saturated heterocycles. The molecule has 0 amide bonds. The van der Waals surface area contributed by atoms with Crippen LogP contribution < -0.4 is 15.4 Å². The second-order valence-electron chi connectivity index (χ2n) is 5.73. The van der Waals surface area contributed by atoms with Crippen molar-refractivity contribution in [3.8, 4) is 5.75 Å². The molecule has 0 spiro atoms. The van der Waals surface area contributed by atoms with Crippen LogP contribution in [-0.2, 0) is 0 Å². The molecule has 2 aromatic rings. The van der Waals surface area contributed by atoms with Crippen molar-refractivity contribution in [3.63, 3.8) is 0 Å². The number of rotatable bonds is 9. The summed E-state index contributed by atoms with van der Waals surface area (Å²) in [6.45, 7) is 4.20. The summed E-state index contributed by atoms with van der Waals surface area (Å²) in [6.07, 6.45) is 0.0484. The van der Waals surface area contributed by atoms with Gasteiger partial charge in [-0.2, -0.15) is 0 Å². The molecule has 26 heavy (non-hydrogen) atoms. The van der Waals surface area contributed by atoms with Gasteiger partial charge in [0.25, 0.3) is 0 Å². The van der Waals surface area contributed by atoms with Crippen LogP contribution in [-0.4, -0.2) is 37.3 Å². The Kier molecular flexibility index (Phi) is 8.42. The Balaban J connectivity index is 1.74. The largest absolute Gasteiger partial charge is 0.494 e. The summed E-state index contributed by atoms with van der Waals surface area (Å²) in [4.78, 5) is 4.38. The Morgan fingerprint density at radius 3 is 2.54 bits per heavy atom. The molecule has 1 unspecified atom stereocenters. The second kappa shape index (κ2) is 11.1. The first-order valence-corrected chi connectivity index (χ1v) is 8.82. The highest BCUT2D eigenvalue weighted by Crippen LogP contribution is 2.13. The quantitative estimate of drug-likeness (QED) is 0.366. The third-order valence-electron chi connectivity index (χ3n) is 3.65. The SMILES string of the molecule is CCNC(=NCC(O)c1ccc(F)cc1)NCCCOc1ccccc1. The number of hydrogen-bond acceptors (Lipinski definition) is 3. The fraction of sp³-hybridized carbons (Fsp3) is 0.350. The Bertz CT molecular complexity index is 663. The topological polar surface area (TPSA) is 65.9 Å². The van der Waals surface area contributed by atoms with E-state index in [9.17, 15) is 9.50 Å². The van der Waals surface area contributed by atoms with Gasteiger partial charge in [0.1, 0.15) is 11.6 Å². The Morgan fingerprint density at radius 1 is 1.12 bits per heavy atom. The van der Waals surface area contributed by atoms with Crippen molar-refractivity contribution >= 4 is 5.96 Å². The van der Waals surface area contributed by atoms with E-state index in [0.29, 0.717) is 24.7 Å². The van der Waals surface area contributed by atoms with E-state index < -0.39 is 6.10 Å². The zero-order valence-electron chi connectivity index (χ0n) is 15.0. The van der Waals surface area contributed by atoms with Gasteiger partial charge < -0.3 is 20.5 Å². The third-order valence-corrected chi connectivity index (χ3v) is 3.65. The van der Waals surface area contributed by atoms with Crippen molar-refractivity contribution in [1.82, 2.24) is 10.6 Å². The van der Waals surface area contributed by atoms with Crippen LogP contribution in [0.15, 0.2) is 59.6 Å². The van der Waals surface area contributed by atoms with Gasteiger partial charge in [0, 0.05) is 13.1 Å². The summed E-state index contributed by atoms with van der Waals surface area (Å²) in [5, 5.41) is 16.5. The number of aliphatic hydroxyl groups excluding tert-OH is 1. The molecule has 0 aliphatic heterocycles. The summed E-state index contributed by atoms with van der Waals surface area (Å²) in [6, 6.07) is 15.5. The summed E-state index contributed by atoms with van der Waals surface area (Å²) in [5.41, 5.74) is 0.641. The number of ether oxygens (including phenoxy) is 1. The molecule has 0 bridgehead atoms. The average Bonchev–Trinajstić information content (AvgIpc) is 2.67. The van der Waals surface area contributed by atoms with E-state index in [1.54, 1.807) is 12.1 Å². The molecule has 2 rings (SSSR count). The molecule has 0 fully saturated rings. The molecule has 0 aliphatic carbocycles. The number of aliphatic hydroxyl groups is 1. The molecule has 0 heterocycles. The summed E-state index contributed by atoms with van der Waals surface area (Å²) >= 11 is 0. The molecule has 6 heteroatoms. The Hall–Kier alpha value is -2.60. The van der Waals surface area contributed by atoms with Crippen LogP contribution in [0.1, 0.15) is 25.0 Å². The van der Waals surface area contributed by atoms with Crippen LogP contribution in [0.25, 0.3) is 0 Å². The van der Waals surface area contributed by atoms with Crippen molar-refractivity contribution in [3.05, 3.63) is 66.0 Å². The van der Waals surface area contributed by atoms with E-state index in [0.717, 1.165) is 18.7 Å². The highest BCUT2D eigenvalue weighted by molar-refractivity contribution is 5.79. The lowest BCUT2D eigenvalue weighted by Gasteiger charge is -2.13. The lowest BCUT2D eigenvalue weighted by Crippen LogP contribution is -2.38. The normalized spacial score (nSPS) is 12.5. The third kappa shape index (κ3) is 7.11. The van der Waals surface area contributed by atoms with Gasteiger partial charge in [-0.3, -0.25) is 4.99 Å². The van der Waals surface area contributed by atoms with Crippen molar-refractivity contribution < 1.29 is 14.2 Å². The van der Waals surface area contributed by atoms with Crippen molar-refractivity contribution in [1.29, 1.82) is 0 Å². The number of benzene rings is 2. The highest BCUT2D eigenvalue weighted by atomic mass is 19.1. The van der Waals surface area contributed by atoms with Crippen molar-refractivity contribution in [2.75, 3.05) is 26.2 Å². The minimum absolute atomic E-state index is 0.196. The number of para-hydroxylation sites is 1. The van der Waals surface area contributed by atoms with Gasteiger partial charge in [0.2, 0.25) is 0 Å². The highest BCUT2D eigenvalue weighted by Gasteiger charge is 2.07. The monoisotopic (exact) mass is 359 g/mol. The van der Waals surface area contributed by atoms with Crippen LogP contribution >= 0.6 is 0 Å². The van der Waals surface area contributed by atoms with Gasteiger partial charge in [-0.1, -0.05) is 30.3 Å². The summed E-state index contributed by atoms with van der Waals surface area (Å²) in [7, 11) is 0. The number of nitrogens with zero attached hydrogens (tertiary/aromatic N) is 1. The molecule has 0 saturated carbocycles. The van der Waals surface area contributed by atoms with E-state index in [1.807, 2.05) is 37.3 Å². The maximum absolute atomic E-state index is 12.9. The fourth-order valence-corrected chi connectivity index (χ4v) is 2.30. The van der Waals surface area contributed by atoms with E-state index in [4.69, 9.17) is 4.74 Å². The zero-order chi connectivity index (χ0) is 18.6. The van der Waals surface area contributed by atoms with E-state index in [-0.39, 0.29) is 12.4 Å². The molecule has 0 aromatic heterocycles. The first kappa shape index (κ1) is 19.7. The average molecular weight is 359 g/mol. The lowest BCUT2D eigenvalue weighted by atomic mass is 10.1. The number of aliphatic imine (C=N–C) groups is 1. The number of nitrogens with one attached hydrogen (secondary N) is 2. The zero-order valence-corrected chi connectivity index (χ0v) is 15.0. The van der Waals surface area contributed by atoms with Crippen LogP contribution in [0.2, 0.25) is 0 Å².